The van der Waals surface area contributed by atoms with Gasteiger partial charge in [0.05, 0.1) is 12.5 Å². The van der Waals surface area contributed by atoms with Gasteiger partial charge in [0.25, 0.3) is 0 Å². The standard InChI is InChI=1S/C28H40O/c1-6-7-12-24(2)13-8-14-25(3)15-9-16-26(4)17-10-18-27(5)19-11-20-28-21-22-29-23-28/h1,13,15,17,19,21-23H,7-12,14,16,18,20H2,2-5H3/b24-13+,25-15+,26-17+,27-19+. The molecule has 0 amide bonds. The van der Waals surface area contributed by atoms with Crippen LogP contribution >= 0.6 is 0 Å². The van der Waals surface area contributed by atoms with Crippen LogP contribution in [0.1, 0.15) is 91.0 Å². The third-order valence-corrected chi connectivity index (χ3v) is 5.26. The summed E-state index contributed by atoms with van der Waals surface area (Å²) in [5.41, 5.74) is 7.18. The lowest BCUT2D eigenvalue weighted by Crippen LogP contribution is -1.83. The molecule has 0 aliphatic heterocycles. The highest BCUT2D eigenvalue weighted by Gasteiger charge is 1.96. The van der Waals surface area contributed by atoms with Gasteiger partial charge in [-0.05, 0) is 97.1 Å². The molecule has 0 radical (unpaired) electrons. The average molecular weight is 393 g/mol. The van der Waals surface area contributed by atoms with Gasteiger partial charge in [0.1, 0.15) is 0 Å². The zero-order valence-corrected chi connectivity index (χ0v) is 19.1. The van der Waals surface area contributed by atoms with Gasteiger partial charge in [-0.2, -0.15) is 0 Å². The van der Waals surface area contributed by atoms with Gasteiger partial charge in [-0.3, -0.25) is 0 Å². The maximum Gasteiger partial charge on any atom is 0.0934 e. The Hall–Kier alpha value is -2.20. The van der Waals surface area contributed by atoms with Crippen LogP contribution in [0.15, 0.2) is 69.6 Å². The van der Waals surface area contributed by atoms with E-state index in [1.807, 2.05) is 12.3 Å². The number of rotatable bonds is 14. The summed E-state index contributed by atoms with van der Waals surface area (Å²) in [4.78, 5) is 0. The first-order valence-corrected chi connectivity index (χ1v) is 11.1. The molecule has 158 valence electrons. The summed E-state index contributed by atoms with van der Waals surface area (Å²) in [6.45, 7) is 8.94. The highest BCUT2D eigenvalue weighted by atomic mass is 16.3. The molecule has 0 saturated carbocycles. The number of aryl methyl sites for hydroxylation is 1. The van der Waals surface area contributed by atoms with Crippen molar-refractivity contribution in [3.05, 3.63) is 70.8 Å². The van der Waals surface area contributed by atoms with E-state index in [4.69, 9.17) is 10.8 Å². The van der Waals surface area contributed by atoms with Crippen LogP contribution in [0.25, 0.3) is 0 Å². The zero-order chi connectivity index (χ0) is 21.3. The Kier molecular flexibility index (Phi) is 13.4. The van der Waals surface area contributed by atoms with Crippen LogP contribution in [0.2, 0.25) is 0 Å². The maximum atomic E-state index is 5.32. The van der Waals surface area contributed by atoms with E-state index < -0.39 is 0 Å². The third kappa shape index (κ3) is 13.6. The molecule has 0 aromatic carbocycles. The highest BCUT2D eigenvalue weighted by molar-refractivity contribution is 5.10. The molecule has 0 N–H and O–H groups in total. The topological polar surface area (TPSA) is 13.1 Å². The second-order valence-corrected chi connectivity index (χ2v) is 8.19. The van der Waals surface area contributed by atoms with E-state index >= 15 is 0 Å². The first-order chi connectivity index (χ1) is 14.0. The number of allylic oxidation sites excluding steroid dienone is 8. The van der Waals surface area contributed by atoms with Gasteiger partial charge in [-0.1, -0.05) is 46.6 Å². The van der Waals surface area contributed by atoms with Gasteiger partial charge in [0.2, 0.25) is 0 Å². The smallest absolute Gasteiger partial charge is 0.0934 e. The molecule has 1 heteroatoms. The second kappa shape index (κ2) is 15.7. The molecule has 1 aromatic heterocycles. The summed E-state index contributed by atoms with van der Waals surface area (Å²) < 4.78 is 5.11. The van der Waals surface area contributed by atoms with E-state index in [9.17, 15) is 0 Å². The molecule has 1 nitrogen and oxygen atoms in total. The number of hydrogen-bond acceptors (Lipinski definition) is 1. The SMILES string of the molecule is C#CCC/C(C)=C/CC/C(C)=C/CC/C(C)=C/CC/C(C)=C/CCc1ccoc1. The minimum Gasteiger partial charge on any atom is -0.472 e. The van der Waals surface area contributed by atoms with E-state index in [2.05, 4.69) is 57.9 Å². The fourth-order valence-electron chi connectivity index (χ4n) is 3.24. The Balaban J connectivity index is 2.19. The monoisotopic (exact) mass is 392 g/mol. The van der Waals surface area contributed by atoms with Gasteiger partial charge in [-0.15, -0.1) is 12.3 Å². The molecular weight excluding hydrogens is 352 g/mol. The molecular formula is C28H40O. The molecule has 1 rings (SSSR count). The van der Waals surface area contributed by atoms with Crippen LogP contribution in [-0.4, -0.2) is 0 Å². The summed E-state index contributed by atoms with van der Waals surface area (Å²) in [7, 11) is 0. The Bertz CT molecular complexity index is 717. The maximum absolute atomic E-state index is 5.32. The van der Waals surface area contributed by atoms with Gasteiger partial charge >= 0.3 is 0 Å². The fourth-order valence-corrected chi connectivity index (χ4v) is 3.24. The van der Waals surface area contributed by atoms with E-state index in [1.54, 1.807) is 6.26 Å². The van der Waals surface area contributed by atoms with E-state index in [1.165, 1.54) is 27.9 Å². The van der Waals surface area contributed by atoms with Crippen LogP contribution < -0.4 is 0 Å². The van der Waals surface area contributed by atoms with Crippen LogP contribution in [0, 0.1) is 12.3 Å². The molecule has 0 aliphatic carbocycles. The zero-order valence-electron chi connectivity index (χ0n) is 19.1. The minimum atomic E-state index is 0.851. The summed E-state index contributed by atoms with van der Waals surface area (Å²) >= 11 is 0. The van der Waals surface area contributed by atoms with Crippen molar-refractivity contribution < 1.29 is 4.42 Å². The normalized spacial score (nSPS) is 13.6. The lowest BCUT2D eigenvalue weighted by Gasteiger charge is -2.03. The third-order valence-electron chi connectivity index (χ3n) is 5.26. The van der Waals surface area contributed by atoms with Crippen molar-refractivity contribution in [2.75, 3.05) is 0 Å². The van der Waals surface area contributed by atoms with Gasteiger partial charge < -0.3 is 4.42 Å². The van der Waals surface area contributed by atoms with Crippen LogP contribution in [-0.2, 0) is 6.42 Å². The fraction of sp³-hybridized carbons (Fsp3) is 0.500. The molecule has 1 aromatic rings. The van der Waals surface area contributed by atoms with Crippen molar-refractivity contribution in [2.45, 2.75) is 91.9 Å². The first-order valence-electron chi connectivity index (χ1n) is 11.1. The minimum absolute atomic E-state index is 0.851. The van der Waals surface area contributed by atoms with Crippen LogP contribution in [0.3, 0.4) is 0 Å². The second-order valence-electron chi connectivity index (χ2n) is 8.19. The van der Waals surface area contributed by atoms with Crippen LogP contribution in [0.5, 0.6) is 0 Å². The Morgan fingerprint density at radius 2 is 1.28 bits per heavy atom. The molecule has 0 bridgehead atoms. The van der Waals surface area contributed by atoms with Gasteiger partial charge in [-0.25, -0.2) is 0 Å². The average Bonchev–Trinajstić information content (AvgIpc) is 3.20. The van der Waals surface area contributed by atoms with Crippen molar-refractivity contribution in [3.63, 3.8) is 0 Å². The lowest BCUT2D eigenvalue weighted by molar-refractivity contribution is 0.564. The number of furan rings is 1. The summed E-state index contributed by atoms with van der Waals surface area (Å²) in [6.07, 6.45) is 29.3. The number of hydrogen-bond donors (Lipinski definition) is 0. The quantitative estimate of drug-likeness (QED) is 0.228. The Morgan fingerprint density at radius 1 is 0.793 bits per heavy atom. The summed E-state index contributed by atoms with van der Waals surface area (Å²) in [5.74, 6) is 2.71. The molecule has 0 spiro atoms. The summed E-state index contributed by atoms with van der Waals surface area (Å²) in [6, 6.07) is 2.05. The predicted molar refractivity (Wildman–Crippen MR) is 128 cm³/mol. The molecule has 0 saturated heterocycles. The van der Waals surface area contributed by atoms with Crippen molar-refractivity contribution in [3.8, 4) is 12.3 Å². The largest absolute Gasteiger partial charge is 0.472 e. The van der Waals surface area contributed by atoms with Crippen molar-refractivity contribution in [2.24, 2.45) is 0 Å². The number of terminal acetylenes is 1. The predicted octanol–water partition coefficient (Wildman–Crippen LogP) is 8.75. The molecule has 0 unspecified atom stereocenters. The van der Waals surface area contributed by atoms with Gasteiger partial charge in [0, 0.05) is 6.42 Å². The van der Waals surface area contributed by atoms with E-state index in [-0.39, 0.29) is 0 Å². The van der Waals surface area contributed by atoms with Crippen molar-refractivity contribution in [1.82, 2.24) is 0 Å². The van der Waals surface area contributed by atoms with Crippen molar-refractivity contribution >= 4 is 0 Å². The molecule has 0 fully saturated rings. The first kappa shape index (κ1) is 24.8. The summed E-state index contributed by atoms with van der Waals surface area (Å²) in [5, 5.41) is 0. The van der Waals surface area contributed by atoms with E-state index in [0.717, 1.165) is 64.2 Å². The Labute approximate surface area is 179 Å². The highest BCUT2D eigenvalue weighted by Crippen LogP contribution is 2.15. The van der Waals surface area contributed by atoms with Gasteiger partial charge in [0.15, 0.2) is 0 Å². The van der Waals surface area contributed by atoms with E-state index in [0.29, 0.717) is 0 Å². The molecule has 0 aliphatic rings. The van der Waals surface area contributed by atoms with Crippen molar-refractivity contribution in [1.29, 1.82) is 0 Å². The van der Waals surface area contributed by atoms with Crippen LogP contribution in [0.4, 0.5) is 0 Å². The molecule has 1 heterocycles. The molecule has 0 atom stereocenters. The lowest BCUT2D eigenvalue weighted by atomic mass is 10.0. The Morgan fingerprint density at radius 3 is 1.72 bits per heavy atom. The molecule has 29 heavy (non-hydrogen) atoms.